The lowest BCUT2D eigenvalue weighted by molar-refractivity contribution is -0.132. The van der Waals surface area contributed by atoms with Crippen molar-refractivity contribution in [3.05, 3.63) is 59.9 Å². The smallest absolute Gasteiger partial charge is 0.243 e. The van der Waals surface area contributed by atoms with Crippen molar-refractivity contribution in [2.45, 2.75) is 71.8 Å². The van der Waals surface area contributed by atoms with E-state index in [1.807, 2.05) is 61.2 Å². The van der Waals surface area contributed by atoms with Crippen molar-refractivity contribution < 1.29 is 28.7 Å². The maximum atomic E-state index is 13.6. The molecule has 0 bridgehead atoms. The molecular weight excluding hydrogens is 628 g/mol. The van der Waals surface area contributed by atoms with Crippen LogP contribution >= 0.6 is 0 Å². The van der Waals surface area contributed by atoms with Crippen molar-refractivity contribution in [1.29, 1.82) is 0 Å². The van der Waals surface area contributed by atoms with Gasteiger partial charge in [0.25, 0.3) is 0 Å². The van der Waals surface area contributed by atoms with Crippen molar-refractivity contribution in [1.82, 2.24) is 40.9 Å². The first kappa shape index (κ1) is 36.8. The SMILES string of the molecule is COc1cc(CN2CCCNC(=O)Cn3nc(-c4ccccc4)nc3[C@H](C)NC(=O)[C@@H](CC(C)C)NC(=O)[C@@H](C)NC(=O)C2)cc(OC)c1. The van der Waals surface area contributed by atoms with Crippen LogP contribution in [-0.4, -0.2) is 89.2 Å². The minimum Gasteiger partial charge on any atom is -0.497 e. The Kier molecular flexibility index (Phi) is 13.1. The van der Waals surface area contributed by atoms with Crippen LogP contribution in [0.3, 0.4) is 0 Å². The molecule has 3 aromatic rings. The summed E-state index contributed by atoms with van der Waals surface area (Å²) in [5, 5.41) is 16.1. The van der Waals surface area contributed by atoms with Gasteiger partial charge >= 0.3 is 0 Å². The van der Waals surface area contributed by atoms with E-state index >= 15 is 0 Å². The van der Waals surface area contributed by atoms with Crippen LogP contribution < -0.4 is 30.7 Å². The number of rotatable bonds is 7. The van der Waals surface area contributed by atoms with Gasteiger partial charge in [0.1, 0.15) is 36.0 Å². The van der Waals surface area contributed by atoms with E-state index in [-0.39, 0.29) is 30.8 Å². The van der Waals surface area contributed by atoms with Gasteiger partial charge in [0.05, 0.1) is 26.8 Å². The number of carbonyl (C=O) groups is 4. The number of methoxy groups -OCH3 is 2. The normalized spacial score (nSPS) is 20.5. The number of nitrogens with one attached hydrogen (secondary N) is 4. The fourth-order valence-electron chi connectivity index (χ4n) is 5.59. The summed E-state index contributed by atoms with van der Waals surface area (Å²) < 4.78 is 12.3. The number of benzene rings is 2. The van der Waals surface area contributed by atoms with Gasteiger partial charge in [-0.1, -0.05) is 44.2 Å². The molecule has 2 aromatic carbocycles. The minimum absolute atomic E-state index is 0.0108. The number of amides is 4. The highest BCUT2D eigenvalue weighted by Gasteiger charge is 2.28. The standard InChI is InChI=1S/C35H48N8O6/c1-22(2)15-29-35(47)38-23(3)33-40-32(26-11-8-7-9-12-26)41-43(33)21-30(44)36-13-10-14-42(20-31(45)37-24(4)34(46)39-29)19-25-16-27(48-5)18-28(17-25)49-6/h7-9,11-12,16-18,22-24,29H,10,13-15,19-21H2,1-6H3,(H,36,44)(H,37,45)(H,38,47)(H,39,46)/t23-,24+,29+/m0/s1. The second-order valence-electron chi connectivity index (χ2n) is 12.7. The van der Waals surface area contributed by atoms with Crippen LogP contribution in [0.4, 0.5) is 0 Å². The lowest BCUT2D eigenvalue weighted by Crippen LogP contribution is -2.54. The number of hydrogen-bond donors (Lipinski definition) is 4. The summed E-state index contributed by atoms with van der Waals surface area (Å²) in [4.78, 5) is 59.9. The molecule has 49 heavy (non-hydrogen) atoms. The van der Waals surface area contributed by atoms with E-state index in [2.05, 4.69) is 26.4 Å². The Bertz CT molecular complexity index is 1570. The van der Waals surface area contributed by atoms with Gasteiger partial charge in [0, 0.05) is 31.3 Å². The maximum absolute atomic E-state index is 13.6. The molecule has 1 aromatic heterocycles. The molecule has 1 aliphatic rings. The van der Waals surface area contributed by atoms with Crippen LogP contribution in [0, 0.1) is 5.92 Å². The molecule has 0 unspecified atom stereocenters. The first-order valence-electron chi connectivity index (χ1n) is 16.6. The highest BCUT2D eigenvalue weighted by molar-refractivity contribution is 5.92. The summed E-state index contributed by atoms with van der Waals surface area (Å²) in [5.41, 5.74) is 1.63. The lowest BCUT2D eigenvalue weighted by atomic mass is 10.0. The van der Waals surface area contributed by atoms with Crippen molar-refractivity contribution in [2.24, 2.45) is 5.92 Å². The summed E-state index contributed by atoms with van der Waals surface area (Å²) >= 11 is 0. The highest BCUT2D eigenvalue weighted by atomic mass is 16.5. The zero-order valence-corrected chi connectivity index (χ0v) is 29.1. The molecular formula is C35H48N8O6. The van der Waals surface area contributed by atoms with E-state index in [1.54, 1.807) is 34.1 Å². The van der Waals surface area contributed by atoms with Crippen molar-refractivity contribution in [3.8, 4) is 22.9 Å². The summed E-state index contributed by atoms with van der Waals surface area (Å²) in [7, 11) is 3.14. The Hall–Kier alpha value is -4.98. The van der Waals surface area contributed by atoms with E-state index in [1.165, 1.54) is 4.68 Å². The van der Waals surface area contributed by atoms with Crippen LogP contribution in [0.5, 0.6) is 11.5 Å². The van der Waals surface area contributed by atoms with E-state index in [4.69, 9.17) is 14.5 Å². The van der Waals surface area contributed by atoms with Crippen molar-refractivity contribution >= 4 is 23.6 Å². The third kappa shape index (κ3) is 10.8. The van der Waals surface area contributed by atoms with E-state index in [9.17, 15) is 19.2 Å². The lowest BCUT2D eigenvalue weighted by Gasteiger charge is -2.25. The highest BCUT2D eigenvalue weighted by Crippen LogP contribution is 2.24. The molecule has 2 heterocycles. The van der Waals surface area contributed by atoms with Gasteiger partial charge in [-0.3, -0.25) is 24.1 Å². The Morgan fingerprint density at radius 3 is 2.20 bits per heavy atom. The molecule has 3 atom stereocenters. The van der Waals surface area contributed by atoms with Gasteiger partial charge in [-0.15, -0.1) is 0 Å². The third-order valence-electron chi connectivity index (χ3n) is 8.04. The van der Waals surface area contributed by atoms with E-state index < -0.39 is 29.9 Å². The van der Waals surface area contributed by atoms with Crippen LogP contribution in [0.1, 0.15) is 58.0 Å². The molecule has 0 saturated carbocycles. The van der Waals surface area contributed by atoms with Gasteiger partial charge in [0.2, 0.25) is 23.6 Å². The van der Waals surface area contributed by atoms with Crippen LogP contribution in [0.25, 0.3) is 11.4 Å². The summed E-state index contributed by atoms with van der Waals surface area (Å²) in [6, 6.07) is 12.5. The first-order chi connectivity index (χ1) is 23.4. The average Bonchev–Trinajstić information content (AvgIpc) is 3.49. The number of nitrogens with zero attached hydrogens (tertiary/aromatic N) is 4. The Morgan fingerprint density at radius 1 is 0.857 bits per heavy atom. The van der Waals surface area contributed by atoms with Gasteiger partial charge < -0.3 is 30.7 Å². The summed E-state index contributed by atoms with van der Waals surface area (Å²) in [5.74, 6) is 0.615. The number of hydrogen-bond acceptors (Lipinski definition) is 9. The zero-order valence-electron chi connectivity index (χ0n) is 29.1. The molecule has 0 radical (unpaired) electrons. The van der Waals surface area contributed by atoms with Crippen LogP contribution in [-0.2, 0) is 32.3 Å². The predicted molar refractivity (Wildman–Crippen MR) is 183 cm³/mol. The third-order valence-corrected chi connectivity index (χ3v) is 8.04. The quantitative estimate of drug-likeness (QED) is 0.293. The molecule has 0 saturated heterocycles. The summed E-state index contributed by atoms with van der Waals surface area (Å²) in [6.07, 6.45) is 0.909. The number of fused-ring (bicyclic) bond motifs is 1. The minimum atomic E-state index is -0.899. The number of carbonyl (C=O) groups excluding carboxylic acids is 4. The molecule has 4 rings (SSSR count). The van der Waals surface area contributed by atoms with Gasteiger partial charge in [-0.2, -0.15) is 5.10 Å². The first-order valence-corrected chi connectivity index (χ1v) is 16.6. The fraction of sp³-hybridized carbons (Fsp3) is 0.486. The monoisotopic (exact) mass is 676 g/mol. The zero-order chi connectivity index (χ0) is 35.5. The molecule has 14 heteroatoms. The summed E-state index contributed by atoms with van der Waals surface area (Å²) in [6.45, 7) is 8.32. The predicted octanol–water partition coefficient (Wildman–Crippen LogP) is 2.20. The molecule has 0 aliphatic carbocycles. The van der Waals surface area contributed by atoms with E-state index in [0.717, 1.165) is 11.1 Å². The molecule has 14 nitrogen and oxygen atoms in total. The largest absolute Gasteiger partial charge is 0.497 e. The van der Waals surface area contributed by atoms with Gasteiger partial charge in [0.15, 0.2) is 5.82 Å². The molecule has 264 valence electrons. The number of aromatic nitrogens is 3. The van der Waals surface area contributed by atoms with Crippen molar-refractivity contribution in [2.75, 3.05) is 33.9 Å². The fourth-order valence-corrected chi connectivity index (χ4v) is 5.59. The second kappa shape index (κ2) is 17.4. The van der Waals surface area contributed by atoms with E-state index in [0.29, 0.717) is 55.6 Å². The molecule has 4 N–H and O–H groups in total. The Balaban J connectivity index is 1.62. The second-order valence-corrected chi connectivity index (χ2v) is 12.7. The topological polar surface area (TPSA) is 169 Å². The van der Waals surface area contributed by atoms with Gasteiger partial charge in [-0.25, -0.2) is 9.67 Å². The molecule has 1 aliphatic heterocycles. The van der Waals surface area contributed by atoms with Crippen LogP contribution in [0.15, 0.2) is 48.5 Å². The molecule has 0 fully saturated rings. The molecule has 4 amide bonds. The number of ether oxygens (including phenoxy) is 2. The Labute approximate surface area is 287 Å². The van der Waals surface area contributed by atoms with Crippen LogP contribution in [0.2, 0.25) is 0 Å². The maximum Gasteiger partial charge on any atom is 0.243 e. The average molecular weight is 677 g/mol. The Morgan fingerprint density at radius 2 is 1.55 bits per heavy atom. The van der Waals surface area contributed by atoms with Crippen molar-refractivity contribution in [3.63, 3.8) is 0 Å². The molecule has 0 spiro atoms. The van der Waals surface area contributed by atoms with Gasteiger partial charge in [-0.05, 0) is 50.3 Å².